The molecule has 0 amide bonds. The Kier molecular flexibility index (Phi) is 5.40. The average Bonchev–Trinajstić information content (AvgIpc) is 2.47. The van der Waals surface area contributed by atoms with E-state index in [-0.39, 0.29) is 0 Å². The quantitative estimate of drug-likeness (QED) is 0.887. The van der Waals surface area contributed by atoms with Crippen LogP contribution in [0.3, 0.4) is 0 Å². The first-order valence-corrected chi connectivity index (χ1v) is 7.39. The van der Waals surface area contributed by atoms with E-state index in [0.717, 1.165) is 26.2 Å². The van der Waals surface area contributed by atoms with E-state index in [9.17, 15) is 0 Å². The van der Waals surface area contributed by atoms with Crippen LogP contribution >= 0.6 is 0 Å². The van der Waals surface area contributed by atoms with Crippen LogP contribution < -0.4 is 10.2 Å². The van der Waals surface area contributed by atoms with E-state index >= 15 is 0 Å². The molecule has 4 heteroatoms. The molecule has 1 aliphatic heterocycles. The van der Waals surface area contributed by atoms with Gasteiger partial charge in [-0.05, 0) is 31.7 Å². The first kappa shape index (κ1) is 15.3. The maximum absolute atomic E-state index is 5.77. The van der Waals surface area contributed by atoms with Gasteiger partial charge in [-0.15, -0.1) is 0 Å². The number of hydrogen-bond donors (Lipinski definition) is 1. The molecule has 4 nitrogen and oxygen atoms in total. The van der Waals surface area contributed by atoms with Crippen molar-refractivity contribution in [3.05, 3.63) is 29.8 Å². The van der Waals surface area contributed by atoms with Crippen molar-refractivity contribution in [3.8, 4) is 0 Å². The highest BCUT2D eigenvalue weighted by Gasteiger charge is 2.24. The summed E-state index contributed by atoms with van der Waals surface area (Å²) in [5, 5.41) is 3.20. The lowest BCUT2D eigenvalue weighted by atomic mass is 10.1. The summed E-state index contributed by atoms with van der Waals surface area (Å²) in [6.45, 7) is 6.04. The SMILES string of the molecule is CNCC1CN(C(C)c2ccc(N(C)C)cc2)CCO1. The molecule has 2 rings (SSSR count). The highest BCUT2D eigenvalue weighted by atomic mass is 16.5. The van der Waals surface area contributed by atoms with Crippen molar-refractivity contribution in [2.75, 3.05) is 52.3 Å². The Hall–Kier alpha value is -1.10. The summed E-state index contributed by atoms with van der Waals surface area (Å²) >= 11 is 0. The Balaban J connectivity index is 2.00. The minimum Gasteiger partial charge on any atom is -0.378 e. The van der Waals surface area contributed by atoms with Crippen LogP contribution in [0.15, 0.2) is 24.3 Å². The third-order valence-corrected chi connectivity index (χ3v) is 4.04. The number of likely N-dealkylation sites (N-methyl/N-ethyl adjacent to an activating group) is 1. The maximum atomic E-state index is 5.77. The first-order chi connectivity index (χ1) is 9.61. The zero-order valence-corrected chi connectivity index (χ0v) is 13.1. The third-order valence-electron chi connectivity index (χ3n) is 4.04. The van der Waals surface area contributed by atoms with E-state index in [2.05, 4.69) is 60.4 Å². The topological polar surface area (TPSA) is 27.7 Å². The van der Waals surface area contributed by atoms with E-state index < -0.39 is 0 Å². The molecule has 0 bridgehead atoms. The van der Waals surface area contributed by atoms with Gasteiger partial charge in [-0.3, -0.25) is 4.90 Å². The lowest BCUT2D eigenvalue weighted by Gasteiger charge is -2.37. The van der Waals surface area contributed by atoms with Gasteiger partial charge in [-0.25, -0.2) is 0 Å². The molecular weight excluding hydrogens is 250 g/mol. The standard InChI is InChI=1S/C16H27N3O/c1-13(14-5-7-15(8-6-14)18(3)4)19-9-10-20-16(12-19)11-17-2/h5-8,13,16-17H,9-12H2,1-4H3. The second kappa shape index (κ2) is 7.07. The second-order valence-electron chi connectivity index (χ2n) is 5.71. The summed E-state index contributed by atoms with van der Waals surface area (Å²) in [5.74, 6) is 0. The van der Waals surface area contributed by atoms with Crippen LogP contribution in [0.5, 0.6) is 0 Å². The number of anilines is 1. The van der Waals surface area contributed by atoms with Crippen LogP contribution in [0.2, 0.25) is 0 Å². The molecule has 1 heterocycles. The Labute approximate surface area is 122 Å². The molecule has 1 aromatic rings. The summed E-state index contributed by atoms with van der Waals surface area (Å²) in [4.78, 5) is 4.64. The van der Waals surface area contributed by atoms with Gasteiger partial charge in [0, 0.05) is 45.5 Å². The molecule has 1 fully saturated rings. The van der Waals surface area contributed by atoms with Gasteiger partial charge in [-0.1, -0.05) is 12.1 Å². The van der Waals surface area contributed by atoms with Crippen LogP contribution in [0.4, 0.5) is 5.69 Å². The third kappa shape index (κ3) is 3.72. The van der Waals surface area contributed by atoms with Gasteiger partial charge in [0.2, 0.25) is 0 Å². The Morgan fingerprint density at radius 2 is 2.05 bits per heavy atom. The fraction of sp³-hybridized carbons (Fsp3) is 0.625. The zero-order valence-electron chi connectivity index (χ0n) is 13.1. The molecule has 112 valence electrons. The number of rotatable bonds is 5. The van der Waals surface area contributed by atoms with Crippen molar-refractivity contribution in [2.24, 2.45) is 0 Å². The smallest absolute Gasteiger partial charge is 0.0826 e. The van der Waals surface area contributed by atoms with Crippen LogP contribution in [-0.2, 0) is 4.74 Å². The van der Waals surface area contributed by atoms with Crippen molar-refractivity contribution in [2.45, 2.75) is 19.1 Å². The molecule has 0 saturated carbocycles. The lowest BCUT2D eigenvalue weighted by Crippen LogP contribution is -2.46. The van der Waals surface area contributed by atoms with Gasteiger partial charge in [0.05, 0.1) is 12.7 Å². The Morgan fingerprint density at radius 1 is 1.35 bits per heavy atom. The highest BCUT2D eigenvalue weighted by Crippen LogP contribution is 2.24. The number of morpholine rings is 1. The van der Waals surface area contributed by atoms with E-state index in [4.69, 9.17) is 4.74 Å². The molecule has 0 aromatic heterocycles. The molecule has 2 atom stereocenters. The van der Waals surface area contributed by atoms with Crippen LogP contribution in [0.25, 0.3) is 0 Å². The summed E-state index contributed by atoms with van der Waals surface area (Å²) < 4.78 is 5.77. The van der Waals surface area contributed by atoms with E-state index in [0.29, 0.717) is 12.1 Å². The molecule has 20 heavy (non-hydrogen) atoms. The summed E-state index contributed by atoms with van der Waals surface area (Å²) in [6, 6.07) is 9.30. The van der Waals surface area contributed by atoms with Crippen molar-refractivity contribution in [1.82, 2.24) is 10.2 Å². The van der Waals surface area contributed by atoms with Gasteiger partial charge in [0.15, 0.2) is 0 Å². The summed E-state index contributed by atoms with van der Waals surface area (Å²) in [6.07, 6.45) is 0.303. The molecule has 1 aromatic carbocycles. The molecule has 1 saturated heterocycles. The minimum absolute atomic E-state index is 0.303. The molecule has 1 N–H and O–H groups in total. The Morgan fingerprint density at radius 3 is 2.65 bits per heavy atom. The van der Waals surface area contributed by atoms with Gasteiger partial charge >= 0.3 is 0 Å². The van der Waals surface area contributed by atoms with Gasteiger partial charge in [0.25, 0.3) is 0 Å². The van der Waals surface area contributed by atoms with E-state index in [1.165, 1.54) is 11.3 Å². The predicted octanol–water partition coefficient (Wildman–Crippen LogP) is 1.73. The van der Waals surface area contributed by atoms with Crippen LogP contribution in [0, 0.1) is 0 Å². The van der Waals surface area contributed by atoms with Crippen molar-refractivity contribution in [1.29, 1.82) is 0 Å². The van der Waals surface area contributed by atoms with Crippen LogP contribution in [-0.4, -0.2) is 58.4 Å². The largest absolute Gasteiger partial charge is 0.378 e. The average molecular weight is 277 g/mol. The highest BCUT2D eigenvalue weighted by molar-refractivity contribution is 5.46. The molecule has 2 unspecified atom stereocenters. The molecule has 1 aliphatic rings. The minimum atomic E-state index is 0.303. The summed E-state index contributed by atoms with van der Waals surface area (Å²) in [5.41, 5.74) is 2.62. The fourth-order valence-electron chi connectivity index (χ4n) is 2.71. The van der Waals surface area contributed by atoms with E-state index in [1.807, 2.05) is 7.05 Å². The van der Waals surface area contributed by atoms with E-state index in [1.54, 1.807) is 0 Å². The van der Waals surface area contributed by atoms with Gasteiger partial charge < -0.3 is 15.0 Å². The first-order valence-electron chi connectivity index (χ1n) is 7.39. The summed E-state index contributed by atoms with van der Waals surface area (Å²) in [7, 11) is 6.12. The van der Waals surface area contributed by atoms with Crippen molar-refractivity contribution < 1.29 is 4.74 Å². The molecule has 0 aliphatic carbocycles. The number of nitrogens with one attached hydrogen (secondary N) is 1. The van der Waals surface area contributed by atoms with Crippen LogP contribution in [0.1, 0.15) is 18.5 Å². The van der Waals surface area contributed by atoms with Crippen molar-refractivity contribution in [3.63, 3.8) is 0 Å². The number of nitrogens with zero attached hydrogens (tertiary/aromatic N) is 2. The lowest BCUT2D eigenvalue weighted by molar-refractivity contribution is -0.0393. The molecule has 0 spiro atoms. The predicted molar refractivity (Wildman–Crippen MR) is 84.4 cm³/mol. The maximum Gasteiger partial charge on any atom is 0.0826 e. The molecular formula is C16H27N3O. The zero-order chi connectivity index (χ0) is 14.5. The number of ether oxygens (including phenoxy) is 1. The monoisotopic (exact) mass is 277 g/mol. The number of benzene rings is 1. The van der Waals surface area contributed by atoms with Gasteiger partial charge in [-0.2, -0.15) is 0 Å². The number of hydrogen-bond acceptors (Lipinski definition) is 4. The van der Waals surface area contributed by atoms with Crippen molar-refractivity contribution >= 4 is 5.69 Å². The van der Waals surface area contributed by atoms with Gasteiger partial charge in [0.1, 0.15) is 0 Å². The second-order valence-corrected chi connectivity index (χ2v) is 5.71. The fourth-order valence-corrected chi connectivity index (χ4v) is 2.71. The Bertz CT molecular complexity index is 403. The molecule has 0 radical (unpaired) electrons. The normalized spacial score (nSPS) is 21.7.